The average Bonchev–Trinajstić information content (AvgIpc) is 2.33. The molecule has 1 aliphatic rings. The molecule has 1 saturated heterocycles. The maximum absolute atomic E-state index is 11.0. The lowest BCUT2D eigenvalue weighted by molar-refractivity contribution is -0.143. The number of likely N-dealkylation sites (tertiary alicyclic amines) is 1. The number of nitrogens with zero attached hydrogens (tertiary/aromatic N) is 3. The van der Waals surface area contributed by atoms with E-state index in [2.05, 4.69) is 14.9 Å². The molecular formula is C11H13Cl2N3O2. The second kappa shape index (κ2) is 5.82. The number of piperidine rings is 1. The zero-order valence-electron chi connectivity index (χ0n) is 9.64. The zero-order valence-corrected chi connectivity index (χ0v) is 11.2. The van der Waals surface area contributed by atoms with Crippen molar-refractivity contribution in [1.82, 2.24) is 14.9 Å². The smallest absolute Gasteiger partial charge is 0.307 e. The molecule has 7 heteroatoms. The van der Waals surface area contributed by atoms with Crippen LogP contribution >= 0.6 is 23.2 Å². The van der Waals surface area contributed by atoms with Gasteiger partial charge >= 0.3 is 5.97 Å². The highest BCUT2D eigenvalue weighted by molar-refractivity contribution is 6.32. The van der Waals surface area contributed by atoms with E-state index >= 15 is 0 Å². The zero-order chi connectivity index (χ0) is 13.1. The number of carboxylic acids is 1. The van der Waals surface area contributed by atoms with Gasteiger partial charge in [-0.2, -0.15) is 0 Å². The molecule has 18 heavy (non-hydrogen) atoms. The fourth-order valence-electron chi connectivity index (χ4n) is 2.11. The van der Waals surface area contributed by atoms with Gasteiger partial charge in [-0.15, -0.1) is 0 Å². The number of rotatable bonds is 3. The molecule has 1 aromatic heterocycles. The fourth-order valence-corrected chi connectivity index (χ4v) is 2.48. The number of aromatic nitrogens is 2. The lowest BCUT2D eigenvalue weighted by Gasteiger charge is -2.30. The van der Waals surface area contributed by atoms with Crippen molar-refractivity contribution < 1.29 is 9.90 Å². The van der Waals surface area contributed by atoms with Gasteiger partial charge in [-0.1, -0.05) is 11.6 Å². The molecule has 1 atom stereocenters. The molecule has 2 rings (SSSR count). The summed E-state index contributed by atoms with van der Waals surface area (Å²) in [6, 6.07) is 0. The third kappa shape index (κ3) is 3.31. The molecule has 5 nitrogen and oxygen atoms in total. The predicted molar refractivity (Wildman–Crippen MR) is 67.7 cm³/mol. The van der Waals surface area contributed by atoms with Gasteiger partial charge in [-0.05, 0) is 31.0 Å². The Hall–Kier alpha value is -0.910. The summed E-state index contributed by atoms with van der Waals surface area (Å²) in [7, 11) is 0. The van der Waals surface area contributed by atoms with E-state index in [0.29, 0.717) is 18.2 Å². The monoisotopic (exact) mass is 289 g/mol. The van der Waals surface area contributed by atoms with E-state index in [9.17, 15) is 4.79 Å². The van der Waals surface area contributed by atoms with E-state index in [1.54, 1.807) is 6.20 Å². The number of hydrogen-bond acceptors (Lipinski definition) is 4. The Bertz CT molecular complexity index is 456. The Morgan fingerprint density at radius 3 is 3.00 bits per heavy atom. The molecule has 0 radical (unpaired) electrons. The average molecular weight is 290 g/mol. The SMILES string of the molecule is O=C(O)[C@H]1CCCN(Cc2cnc(Cl)nc2Cl)C1. The van der Waals surface area contributed by atoms with Crippen LogP contribution in [-0.2, 0) is 11.3 Å². The van der Waals surface area contributed by atoms with E-state index in [1.807, 2.05) is 0 Å². The summed E-state index contributed by atoms with van der Waals surface area (Å²) < 4.78 is 0. The van der Waals surface area contributed by atoms with Crippen LogP contribution in [0.3, 0.4) is 0 Å². The standard InChI is InChI=1S/C11H13Cl2N3O2/c12-9-8(4-14-11(13)15-9)6-16-3-1-2-7(5-16)10(17)18/h4,7H,1-3,5-6H2,(H,17,18)/t7-/m0/s1. The van der Waals surface area contributed by atoms with Crippen molar-refractivity contribution in [3.63, 3.8) is 0 Å². The van der Waals surface area contributed by atoms with Crippen LogP contribution in [0.15, 0.2) is 6.20 Å². The van der Waals surface area contributed by atoms with E-state index in [1.165, 1.54) is 0 Å². The third-order valence-electron chi connectivity index (χ3n) is 3.03. The van der Waals surface area contributed by atoms with E-state index < -0.39 is 5.97 Å². The molecular weight excluding hydrogens is 277 g/mol. The highest BCUT2D eigenvalue weighted by atomic mass is 35.5. The molecule has 0 spiro atoms. The van der Waals surface area contributed by atoms with Crippen LogP contribution in [0.25, 0.3) is 0 Å². The summed E-state index contributed by atoms with van der Waals surface area (Å²) >= 11 is 11.6. The molecule has 1 fully saturated rings. The molecule has 1 aromatic rings. The maximum Gasteiger partial charge on any atom is 0.307 e. The van der Waals surface area contributed by atoms with Crippen molar-refractivity contribution in [2.45, 2.75) is 19.4 Å². The van der Waals surface area contributed by atoms with Gasteiger partial charge in [0.1, 0.15) is 5.15 Å². The Morgan fingerprint density at radius 1 is 1.56 bits per heavy atom. The van der Waals surface area contributed by atoms with Gasteiger partial charge in [0.2, 0.25) is 5.28 Å². The van der Waals surface area contributed by atoms with Crippen molar-refractivity contribution in [2.24, 2.45) is 5.92 Å². The Labute approximate surface area is 115 Å². The van der Waals surface area contributed by atoms with Crippen LogP contribution < -0.4 is 0 Å². The number of carbonyl (C=O) groups is 1. The number of hydrogen-bond donors (Lipinski definition) is 1. The van der Waals surface area contributed by atoms with Gasteiger partial charge in [0, 0.05) is 24.8 Å². The maximum atomic E-state index is 11.0. The summed E-state index contributed by atoms with van der Waals surface area (Å²) in [6.45, 7) is 1.96. The number of halogens is 2. The van der Waals surface area contributed by atoms with Crippen LogP contribution in [0.4, 0.5) is 0 Å². The molecule has 1 aliphatic heterocycles. The molecule has 0 aliphatic carbocycles. The van der Waals surface area contributed by atoms with Crippen LogP contribution in [0.2, 0.25) is 10.4 Å². The van der Waals surface area contributed by atoms with Gasteiger partial charge in [0.25, 0.3) is 0 Å². The summed E-state index contributed by atoms with van der Waals surface area (Å²) in [4.78, 5) is 20.8. The summed E-state index contributed by atoms with van der Waals surface area (Å²) in [5.41, 5.74) is 0.770. The largest absolute Gasteiger partial charge is 0.481 e. The summed E-state index contributed by atoms with van der Waals surface area (Å²) in [5, 5.41) is 9.46. The van der Waals surface area contributed by atoms with Gasteiger partial charge in [-0.3, -0.25) is 9.69 Å². The van der Waals surface area contributed by atoms with E-state index in [4.69, 9.17) is 28.3 Å². The van der Waals surface area contributed by atoms with Crippen LogP contribution in [0.5, 0.6) is 0 Å². The number of carboxylic acid groups (broad SMARTS) is 1. The van der Waals surface area contributed by atoms with Crippen molar-refractivity contribution >= 4 is 29.2 Å². The third-order valence-corrected chi connectivity index (χ3v) is 3.54. The highest BCUT2D eigenvalue weighted by Gasteiger charge is 2.25. The minimum absolute atomic E-state index is 0.116. The Balaban J connectivity index is 2.02. The first-order valence-corrected chi connectivity index (χ1v) is 6.44. The van der Waals surface area contributed by atoms with Crippen LogP contribution in [0, 0.1) is 5.92 Å². The van der Waals surface area contributed by atoms with E-state index in [-0.39, 0.29) is 11.2 Å². The minimum atomic E-state index is -0.738. The van der Waals surface area contributed by atoms with Gasteiger partial charge in [-0.25, -0.2) is 9.97 Å². The first-order chi connectivity index (χ1) is 8.56. The summed E-state index contributed by atoms with van der Waals surface area (Å²) in [6.07, 6.45) is 3.20. The second-order valence-corrected chi connectivity index (χ2v) is 5.06. The van der Waals surface area contributed by atoms with Crippen molar-refractivity contribution in [3.05, 3.63) is 22.2 Å². The molecule has 98 valence electrons. The van der Waals surface area contributed by atoms with Crippen molar-refractivity contribution in [1.29, 1.82) is 0 Å². The molecule has 0 bridgehead atoms. The van der Waals surface area contributed by atoms with Crippen molar-refractivity contribution in [2.75, 3.05) is 13.1 Å². The first-order valence-electron chi connectivity index (χ1n) is 5.68. The molecule has 0 unspecified atom stereocenters. The number of aliphatic carboxylic acids is 1. The van der Waals surface area contributed by atoms with Gasteiger partial charge in [0.15, 0.2) is 0 Å². The molecule has 0 amide bonds. The molecule has 0 aromatic carbocycles. The highest BCUT2D eigenvalue weighted by Crippen LogP contribution is 2.21. The van der Waals surface area contributed by atoms with Crippen molar-refractivity contribution in [3.8, 4) is 0 Å². The van der Waals surface area contributed by atoms with Crippen LogP contribution in [-0.4, -0.2) is 39.0 Å². The molecule has 0 saturated carbocycles. The van der Waals surface area contributed by atoms with Crippen LogP contribution in [0.1, 0.15) is 18.4 Å². The van der Waals surface area contributed by atoms with E-state index in [0.717, 1.165) is 24.9 Å². The Morgan fingerprint density at radius 2 is 2.33 bits per heavy atom. The minimum Gasteiger partial charge on any atom is -0.481 e. The van der Waals surface area contributed by atoms with Gasteiger partial charge in [0.05, 0.1) is 5.92 Å². The topological polar surface area (TPSA) is 66.3 Å². The normalized spacial score (nSPS) is 20.9. The fraction of sp³-hybridized carbons (Fsp3) is 0.545. The molecule has 2 heterocycles. The lowest BCUT2D eigenvalue weighted by Crippen LogP contribution is -2.38. The summed E-state index contributed by atoms with van der Waals surface area (Å²) in [5.74, 6) is -1.04. The molecule has 1 N–H and O–H groups in total. The predicted octanol–water partition coefficient (Wildman–Crippen LogP) is 2.08. The Kier molecular flexibility index (Phi) is 4.37. The second-order valence-electron chi connectivity index (χ2n) is 4.37. The van der Waals surface area contributed by atoms with Gasteiger partial charge < -0.3 is 5.11 Å². The first kappa shape index (κ1) is 13.5. The quantitative estimate of drug-likeness (QED) is 0.682. The lowest BCUT2D eigenvalue weighted by atomic mass is 9.98.